The lowest BCUT2D eigenvalue weighted by atomic mass is 10.6. The van der Waals surface area contributed by atoms with E-state index in [0.717, 1.165) is 22.8 Å². The Bertz CT molecular complexity index is 128. The third-order valence-electron chi connectivity index (χ3n) is 1.45. The normalized spacial score (nSPS) is 19.6. The van der Waals surface area contributed by atoms with Gasteiger partial charge in [0.05, 0.1) is 4.55 Å². The summed E-state index contributed by atoms with van der Waals surface area (Å²) in [5.41, 5.74) is 0. The molecule has 0 aromatic heterocycles. The van der Waals surface area contributed by atoms with E-state index in [4.69, 9.17) is 12.2 Å². The topological polar surface area (TPSA) is 6.48 Å². The van der Waals surface area contributed by atoms with Crippen molar-refractivity contribution in [2.45, 2.75) is 0 Å². The number of hydrogen-bond acceptors (Lipinski definition) is 1. The predicted octanol–water partition coefficient (Wildman–Crippen LogP) is 0.911. The number of thiocarbonyl (C=S) groups is 1. The van der Waals surface area contributed by atoms with Gasteiger partial charge in [-0.2, -0.15) is 0 Å². The minimum absolute atomic E-state index is 0.990. The summed E-state index contributed by atoms with van der Waals surface area (Å²) in [5.74, 6) is 0. The molecule has 0 bridgehead atoms. The molecule has 0 amide bonds. The fourth-order valence-corrected chi connectivity index (χ4v) is 1.96. The van der Waals surface area contributed by atoms with E-state index in [-0.39, 0.29) is 0 Å². The second kappa shape index (κ2) is 3.01. The van der Waals surface area contributed by atoms with Gasteiger partial charge in [0.1, 0.15) is 0 Å². The zero-order valence-corrected chi connectivity index (χ0v) is 8.28. The van der Waals surface area contributed by atoms with Gasteiger partial charge in [-0.25, -0.2) is 0 Å². The molecule has 0 radical (unpaired) electrons. The van der Waals surface area contributed by atoms with Crippen molar-refractivity contribution in [2.75, 3.05) is 24.7 Å². The predicted molar refractivity (Wildman–Crippen MR) is 50.8 cm³/mol. The highest BCUT2D eigenvalue weighted by atomic mass is 127. The number of halogens is 1. The van der Waals surface area contributed by atoms with Gasteiger partial charge in [0.2, 0.25) is 0 Å². The Labute approximate surface area is 74.3 Å². The van der Waals surface area contributed by atoms with Crippen LogP contribution in [0.2, 0.25) is 0 Å². The number of hydrogen-bond donors (Lipinski definition) is 0. The molecule has 1 aliphatic rings. The minimum atomic E-state index is 0.990. The molecule has 52 valence electrons. The second-order valence-electron chi connectivity index (χ2n) is 2.09. The Morgan fingerprint density at radius 1 is 1.67 bits per heavy atom. The van der Waals surface area contributed by atoms with E-state index in [1.54, 1.807) is 0 Å². The van der Waals surface area contributed by atoms with Gasteiger partial charge >= 0.3 is 0 Å². The third-order valence-corrected chi connectivity index (χ3v) is 2.84. The number of nitrogens with zero attached hydrogens (tertiary/aromatic N) is 2. The molecular formula is C5H9IN2S. The molecular weight excluding hydrogens is 247 g/mol. The summed E-state index contributed by atoms with van der Waals surface area (Å²) in [6, 6.07) is 0. The van der Waals surface area contributed by atoms with Gasteiger partial charge in [-0.15, -0.1) is 0 Å². The van der Waals surface area contributed by atoms with Crippen LogP contribution in [0, 0.1) is 0 Å². The first-order valence-electron chi connectivity index (χ1n) is 2.81. The number of rotatable bonds is 1. The van der Waals surface area contributed by atoms with Crippen molar-refractivity contribution in [1.82, 2.24) is 9.80 Å². The number of alkyl halides is 1. The van der Waals surface area contributed by atoms with Crippen LogP contribution in [-0.2, 0) is 0 Å². The maximum Gasteiger partial charge on any atom is 0.172 e. The van der Waals surface area contributed by atoms with Gasteiger partial charge in [-0.05, 0) is 12.2 Å². The molecule has 0 aliphatic carbocycles. The summed E-state index contributed by atoms with van der Waals surface area (Å²) >= 11 is 7.44. The lowest BCUT2D eigenvalue weighted by Crippen LogP contribution is -2.27. The monoisotopic (exact) mass is 256 g/mol. The molecule has 1 heterocycles. The zero-order valence-electron chi connectivity index (χ0n) is 5.30. The molecule has 0 unspecified atom stereocenters. The van der Waals surface area contributed by atoms with Crippen LogP contribution >= 0.6 is 34.8 Å². The Balaban J connectivity index is 2.51. The molecule has 0 atom stereocenters. The van der Waals surface area contributed by atoms with Crippen LogP contribution in [0.15, 0.2) is 0 Å². The first-order chi connectivity index (χ1) is 4.25. The molecule has 0 spiro atoms. The molecule has 0 N–H and O–H groups in total. The lowest BCUT2D eigenvalue weighted by Gasteiger charge is -2.14. The van der Waals surface area contributed by atoms with E-state index >= 15 is 0 Å². The Kier molecular flexibility index (Phi) is 2.51. The van der Waals surface area contributed by atoms with Gasteiger partial charge < -0.3 is 9.80 Å². The van der Waals surface area contributed by atoms with Crippen molar-refractivity contribution in [3.8, 4) is 0 Å². The maximum absolute atomic E-state index is 5.11. The maximum atomic E-state index is 5.11. The molecule has 9 heavy (non-hydrogen) atoms. The van der Waals surface area contributed by atoms with Crippen molar-refractivity contribution in [1.29, 1.82) is 0 Å². The van der Waals surface area contributed by atoms with E-state index in [2.05, 4.69) is 32.4 Å². The van der Waals surface area contributed by atoms with Gasteiger partial charge in [0.25, 0.3) is 0 Å². The lowest BCUT2D eigenvalue weighted by molar-refractivity contribution is 0.548. The highest BCUT2D eigenvalue weighted by Crippen LogP contribution is 2.07. The quantitative estimate of drug-likeness (QED) is 0.298. The minimum Gasteiger partial charge on any atom is -0.350 e. The van der Waals surface area contributed by atoms with Crippen molar-refractivity contribution < 1.29 is 0 Å². The van der Waals surface area contributed by atoms with Gasteiger partial charge in [-0.3, -0.25) is 0 Å². The average Bonchev–Trinajstić information content (AvgIpc) is 2.15. The molecule has 4 heteroatoms. The average molecular weight is 256 g/mol. The standard InChI is InChI=1S/C5H9IN2S/c1-7-2-3-8(4-6)5(7)9/h2-4H2,1H3. The summed E-state index contributed by atoms with van der Waals surface area (Å²) < 4.78 is 1.01. The Hall–Kier alpha value is 0.420. The molecule has 1 saturated heterocycles. The molecule has 1 aliphatic heterocycles. The van der Waals surface area contributed by atoms with Crippen LogP contribution in [0.3, 0.4) is 0 Å². The van der Waals surface area contributed by atoms with Gasteiger partial charge in [0.15, 0.2) is 5.11 Å². The molecule has 0 aromatic rings. The molecule has 1 rings (SSSR count). The number of likely N-dealkylation sites (N-methyl/N-ethyl adjacent to an activating group) is 1. The van der Waals surface area contributed by atoms with Crippen molar-refractivity contribution in [3.05, 3.63) is 0 Å². The Morgan fingerprint density at radius 3 is 2.56 bits per heavy atom. The molecule has 2 nitrogen and oxygen atoms in total. The molecule has 0 saturated carbocycles. The SMILES string of the molecule is CN1CCN(CI)C1=S. The third kappa shape index (κ3) is 1.46. The van der Waals surface area contributed by atoms with Crippen LogP contribution in [0.25, 0.3) is 0 Å². The summed E-state index contributed by atoms with van der Waals surface area (Å²) in [7, 11) is 2.04. The van der Waals surface area contributed by atoms with Crippen LogP contribution in [0.5, 0.6) is 0 Å². The largest absolute Gasteiger partial charge is 0.350 e. The van der Waals surface area contributed by atoms with Gasteiger partial charge in [0, 0.05) is 20.1 Å². The second-order valence-corrected chi connectivity index (χ2v) is 3.13. The van der Waals surface area contributed by atoms with Crippen molar-refractivity contribution in [2.24, 2.45) is 0 Å². The van der Waals surface area contributed by atoms with Crippen molar-refractivity contribution in [3.63, 3.8) is 0 Å². The van der Waals surface area contributed by atoms with Crippen LogP contribution < -0.4 is 0 Å². The zero-order chi connectivity index (χ0) is 6.85. The van der Waals surface area contributed by atoms with E-state index in [1.165, 1.54) is 0 Å². The Morgan fingerprint density at radius 2 is 2.33 bits per heavy atom. The first-order valence-corrected chi connectivity index (χ1v) is 4.75. The molecule has 0 aromatic carbocycles. The van der Waals surface area contributed by atoms with Gasteiger partial charge in [-0.1, -0.05) is 22.6 Å². The molecule has 1 fully saturated rings. The smallest absolute Gasteiger partial charge is 0.172 e. The van der Waals surface area contributed by atoms with E-state index in [0.29, 0.717) is 0 Å². The van der Waals surface area contributed by atoms with E-state index in [9.17, 15) is 0 Å². The first kappa shape index (κ1) is 7.53. The van der Waals surface area contributed by atoms with Crippen LogP contribution in [0.4, 0.5) is 0 Å². The fourth-order valence-electron chi connectivity index (χ4n) is 0.814. The van der Waals surface area contributed by atoms with E-state index < -0.39 is 0 Å². The summed E-state index contributed by atoms with van der Waals surface area (Å²) in [5, 5.41) is 0.990. The highest BCUT2D eigenvalue weighted by Gasteiger charge is 2.19. The highest BCUT2D eigenvalue weighted by molar-refractivity contribution is 14.1. The summed E-state index contributed by atoms with van der Waals surface area (Å²) in [4.78, 5) is 4.30. The van der Waals surface area contributed by atoms with Crippen molar-refractivity contribution >= 4 is 39.9 Å². The summed E-state index contributed by atoms with van der Waals surface area (Å²) in [6.45, 7) is 2.18. The summed E-state index contributed by atoms with van der Waals surface area (Å²) in [6.07, 6.45) is 0. The van der Waals surface area contributed by atoms with E-state index in [1.807, 2.05) is 7.05 Å². The van der Waals surface area contributed by atoms with Crippen LogP contribution in [0.1, 0.15) is 0 Å². The van der Waals surface area contributed by atoms with Crippen LogP contribution in [-0.4, -0.2) is 39.6 Å². The fraction of sp³-hybridized carbons (Fsp3) is 0.800.